The van der Waals surface area contributed by atoms with Crippen LogP contribution in [-0.2, 0) is 43.2 Å². The first kappa shape index (κ1) is 71.7. The van der Waals surface area contributed by atoms with E-state index in [0.29, 0.717) is 82.5 Å². The Morgan fingerprint density at radius 3 is 0.841 bits per heavy atom. The summed E-state index contributed by atoms with van der Waals surface area (Å²) >= 11 is 0. The van der Waals surface area contributed by atoms with Gasteiger partial charge in [0.1, 0.15) is 17.5 Å². The van der Waals surface area contributed by atoms with Crippen LogP contribution in [0.2, 0.25) is 0 Å². The summed E-state index contributed by atoms with van der Waals surface area (Å²) in [4.78, 5) is 109. The Balaban J connectivity index is -0.000000181. The van der Waals surface area contributed by atoms with Crippen LogP contribution in [0, 0.1) is 29.1 Å². The summed E-state index contributed by atoms with van der Waals surface area (Å²) in [5.74, 6) is -2.08. The van der Waals surface area contributed by atoms with Gasteiger partial charge in [-0.3, -0.25) is 43.2 Å². The van der Waals surface area contributed by atoms with Gasteiger partial charge in [-0.25, -0.2) is 0 Å². The Morgan fingerprint density at radius 2 is 0.556 bits per heavy atom. The van der Waals surface area contributed by atoms with E-state index in [-0.39, 0.29) is 66.9 Å². The van der Waals surface area contributed by atoms with Gasteiger partial charge in [-0.2, -0.15) is 0 Å². The number of carbonyl (C=O) groups excluding carboxylic acids is 9. The quantitative estimate of drug-likeness (QED) is 0.0641. The van der Waals surface area contributed by atoms with Crippen molar-refractivity contribution in [3.63, 3.8) is 0 Å². The maximum Gasteiger partial charge on any atom is 0.203 e. The zero-order valence-corrected chi connectivity index (χ0v) is 44.5. The summed E-state index contributed by atoms with van der Waals surface area (Å²) in [5, 5.41) is 0. The molecule has 0 aliphatic carbocycles. The second-order valence-electron chi connectivity index (χ2n) is 17.9. The average Bonchev–Trinajstić information content (AvgIpc) is 3.18. The van der Waals surface area contributed by atoms with E-state index >= 15 is 0 Å². The summed E-state index contributed by atoms with van der Waals surface area (Å²) in [6.07, 6.45) is 12.4. The zero-order valence-electron chi connectivity index (χ0n) is 44.5. The molecule has 9 nitrogen and oxygen atoms in total. The van der Waals surface area contributed by atoms with E-state index in [0.717, 1.165) is 19.3 Å². The molecule has 9 heteroatoms. The molecule has 0 saturated heterocycles. The lowest BCUT2D eigenvalue weighted by molar-refractivity contribution is -0.156. The van der Waals surface area contributed by atoms with Crippen LogP contribution in [0.25, 0.3) is 0 Å². The average molecular weight is 895 g/mol. The van der Waals surface area contributed by atoms with Crippen LogP contribution in [0.3, 0.4) is 0 Å². The van der Waals surface area contributed by atoms with E-state index < -0.39 is 34.5 Å². The van der Waals surface area contributed by atoms with Crippen LogP contribution in [0.5, 0.6) is 0 Å². The monoisotopic (exact) mass is 895 g/mol. The van der Waals surface area contributed by atoms with Crippen LogP contribution < -0.4 is 0 Å². The van der Waals surface area contributed by atoms with Gasteiger partial charge in [0, 0.05) is 57.8 Å². The van der Waals surface area contributed by atoms with Crippen molar-refractivity contribution < 1.29 is 43.2 Å². The van der Waals surface area contributed by atoms with Crippen LogP contribution in [0.1, 0.15) is 266 Å². The first-order valence-corrected chi connectivity index (χ1v) is 25.3. The van der Waals surface area contributed by atoms with Gasteiger partial charge < -0.3 is 0 Å². The highest BCUT2D eigenvalue weighted by Crippen LogP contribution is 2.32. The molecule has 63 heavy (non-hydrogen) atoms. The number of carbonyl (C=O) groups is 9. The molecule has 0 saturated carbocycles. The maximum atomic E-state index is 12.9. The lowest BCUT2D eigenvalue weighted by atomic mass is 9.67. The molecule has 0 aliphatic heterocycles. The zero-order chi connectivity index (χ0) is 50.6. The summed E-state index contributed by atoms with van der Waals surface area (Å²) in [7, 11) is 0. The maximum absolute atomic E-state index is 12.9. The number of rotatable bonds is 30. The van der Waals surface area contributed by atoms with E-state index in [1.165, 1.54) is 19.3 Å². The molecule has 0 spiro atoms. The summed E-state index contributed by atoms with van der Waals surface area (Å²) in [6, 6.07) is 0. The van der Waals surface area contributed by atoms with Crippen molar-refractivity contribution >= 4 is 52.0 Å². The van der Waals surface area contributed by atoms with Gasteiger partial charge in [0.25, 0.3) is 0 Å². The molecule has 0 aliphatic rings. The lowest BCUT2D eigenvalue weighted by Gasteiger charge is -2.28. The van der Waals surface area contributed by atoms with Gasteiger partial charge in [-0.15, -0.1) is 0 Å². The van der Waals surface area contributed by atoms with E-state index in [1.54, 1.807) is 0 Å². The smallest absolute Gasteiger partial charge is 0.203 e. The Labute approximate surface area is 389 Å². The van der Waals surface area contributed by atoms with E-state index in [2.05, 4.69) is 55.4 Å². The number of ketones is 9. The predicted octanol–water partition coefficient (Wildman–Crippen LogP) is 14.4. The SMILES string of the molecule is CCC.CCC.CCC.CCCC(=O)C(C(=O)CCC)(C(=O)CCC)C(=O)CCC(C)C.CCCC(=O)C(C(=O)CCC)C(=O)CCC(C)C.CCCC(=O)CC(=O)CCC(C)C. The first-order chi connectivity index (χ1) is 29.5. The van der Waals surface area contributed by atoms with Crippen molar-refractivity contribution in [1.82, 2.24) is 0 Å². The summed E-state index contributed by atoms with van der Waals surface area (Å²) < 4.78 is 0. The third kappa shape index (κ3) is 39.1. The Hall–Kier alpha value is -2.97. The molecule has 0 atom stereocenters. The molecule has 372 valence electrons. The summed E-state index contributed by atoms with van der Waals surface area (Å²) in [6.45, 7) is 36.1. The minimum absolute atomic E-state index is 0.0938. The predicted molar refractivity (Wildman–Crippen MR) is 265 cm³/mol. The molecule has 0 radical (unpaired) electrons. The topological polar surface area (TPSA) is 154 Å². The molecule has 0 bridgehead atoms. The van der Waals surface area contributed by atoms with Crippen LogP contribution in [0.15, 0.2) is 0 Å². The number of hydrogen-bond acceptors (Lipinski definition) is 9. The van der Waals surface area contributed by atoms with Crippen LogP contribution >= 0.6 is 0 Å². The third-order valence-electron chi connectivity index (χ3n) is 8.90. The van der Waals surface area contributed by atoms with Crippen molar-refractivity contribution in [2.24, 2.45) is 29.1 Å². The molecule has 0 heterocycles. The van der Waals surface area contributed by atoms with Crippen LogP contribution in [-0.4, -0.2) is 52.0 Å². The molecule has 0 unspecified atom stereocenters. The lowest BCUT2D eigenvalue weighted by Crippen LogP contribution is -2.52. The van der Waals surface area contributed by atoms with Crippen molar-refractivity contribution in [3.8, 4) is 0 Å². The van der Waals surface area contributed by atoms with Gasteiger partial charge in [-0.05, 0) is 75.5 Å². The van der Waals surface area contributed by atoms with Crippen molar-refractivity contribution in [3.05, 3.63) is 0 Å². The van der Waals surface area contributed by atoms with E-state index in [1.807, 2.05) is 69.2 Å². The highest BCUT2D eigenvalue weighted by Gasteiger charge is 2.55. The van der Waals surface area contributed by atoms with Gasteiger partial charge in [0.15, 0.2) is 40.5 Å². The second-order valence-corrected chi connectivity index (χ2v) is 17.9. The number of hydrogen-bond donors (Lipinski definition) is 0. The Morgan fingerprint density at radius 1 is 0.317 bits per heavy atom. The van der Waals surface area contributed by atoms with Gasteiger partial charge in [-0.1, -0.05) is 144 Å². The van der Waals surface area contributed by atoms with Gasteiger partial charge in [0.2, 0.25) is 5.41 Å². The highest BCUT2D eigenvalue weighted by molar-refractivity contribution is 6.38. The number of Topliss-reactive ketones (excluding diaryl/α,β-unsaturated/α-hetero) is 9. The molecule has 0 aromatic heterocycles. The minimum atomic E-state index is -2.03. The molecular weight excluding hydrogens is 793 g/mol. The fourth-order valence-corrected chi connectivity index (χ4v) is 5.80. The van der Waals surface area contributed by atoms with E-state index in [4.69, 9.17) is 0 Å². The van der Waals surface area contributed by atoms with Crippen molar-refractivity contribution in [2.45, 2.75) is 266 Å². The van der Waals surface area contributed by atoms with E-state index in [9.17, 15) is 43.2 Å². The molecule has 0 fully saturated rings. The molecule has 0 N–H and O–H groups in total. The van der Waals surface area contributed by atoms with Crippen LogP contribution in [0.4, 0.5) is 0 Å². The molecule has 0 rings (SSSR count). The van der Waals surface area contributed by atoms with Gasteiger partial charge in [0.05, 0.1) is 6.42 Å². The first-order valence-electron chi connectivity index (χ1n) is 25.3. The molecule has 0 amide bonds. The Bertz CT molecular complexity index is 1160. The minimum Gasteiger partial charge on any atom is -0.299 e. The molecular formula is C54H102O9. The standard InChI is InChI=1S/C19H32O4.C15H26O3.C11H20O2.3C3H8/c1-6-9-15(20)19(16(21)10-7-2,17(22)11-8-3)18(23)13-12-14(4)5;1-5-7-12(16)15(13(17)8-6-2)14(18)10-9-11(3)4;1-4-5-10(12)8-11(13)7-6-9(2)3;3*1-3-2/h14H,6-13H2,1-5H3;11,15H,5-10H2,1-4H3;9H,4-8H2,1-3H3;3*3H2,1-2H3. The Kier molecular flexibility index (Phi) is 55.1. The summed E-state index contributed by atoms with van der Waals surface area (Å²) in [5.41, 5.74) is -2.03. The third-order valence-corrected chi connectivity index (χ3v) is 8.90. The van der Waals surface area contributed by atoms with Crippen molar-refractivity contribution in [1.29, 1.82) is 0 Å². The fraction of sp³-hybridized carbons (Fsp3) is 0.833. The molecule has 0 aromatic carbocycles. The largest absolute Gasteiger partial charge is 0.299 e. The fourth-order valence-electron chi connectivity index (χ4n) is 5.80. The normalized spacial score (nSPS) is 10.4. The molecule has 0 aromatic rings. The van der Waals surface area contributed by atoms with Crippen molar-refractivity contribution in [2.75, 3.05) is 0 Å². The second kappa shape index (κ2) is 48.5. The highest BCUT2D eigenvalue weighted by atomic mass is 16.2. The van der Waals surface area contributed by atoms with Gasteiger partial charge >= 0.3 is 0 Å².